The minimum atomic E-state index is -0.209. The topological polar surface area (TPSA) is 43.1 Å². The van der Waals surface area contributed by atoms with Crippen LogP contribution in [-0.4, -0.2) is 5.91 Å². The summed E-state index contributed by atoms with van der Waals surface area (Å²) < 4.78 is 1.10. The molecule has 0 saturated carbocycles. The molecule has 0 aliphatic heterocycles. The monoisotopic (exact) mass is 255 g/mol. The molecular weight excluding hydrogens is 242 g/mol. The second kappa shape index (κ2) is 5.81. The maximum Gasteiger partial charge on any atom is 0.217 e. The van der Waals surface area contributed by atoms with Crippen LogP contribution in [0.1, 0.15) is 24.8 Å². The van der Waals surface area contributed by atoms with Crippen LogP contribution in [0.15, 0.2) is 28.7 Å². The predicted molar refractivity (Wildman–Crippen MR) is 60.9 cm³/mol. The molecule has 0 radical (unpaired) electrons. The van der Waals surface area contributed by atoms with E-state index < -0.39 is 0 Å². The highest BCUT2D eigenvalue weighted by Crippen LogP contribution is 2.13. The van der Waals surface area contributed by atoms with Crippen molar-refractivity contribution in [3.8, 4) is 0 Å². The average molecular weight is 256 g/mol. The van der Waals surface area contributed by atoms with E-state index in [1.54, 1.807) is 0 Å². The van der Waals surface area contributed by atoms with E-state index in [-0.39, 0.29) is 5.91 Å². The second-order valence-electron chi connectivity index (χ2n) is 3.30. The van der Waals surface area contributed by atoms with Gasteiger partial charge in [0, 0.05) is 10.9 Å². The summed E-state index contributed by atoms with van der Waals surface area (Å²) >= 11 is 3.42. The van der Waals surface area contributed by atoms with Crippen LogP contribution in [-0.2, 0) is 11.2 Å². The summed E-state index contributed by atoms with van der Waals surface area (Å²) in [6.07, 6.45) is 3.39. The molecule has 0 aromatic heterocycles. The van der Waals surface area contributed by atoms with Gasteiger partial charge in [-0.15, -0.1) is 0 Å². The molecule has 1 aromatic rings. The maximum atomic E-state index is 10.5. The van der Waals surface area contributed by atoms with Gasteiger partial charge in [-0.1, -0.05) is 28.1 Å². The Morgan fingerprint density at radius 3 is 2.79 bits per heavy atom. The van der Waals surface area contributed by atoms with Crippen molar-refractivity contribution < 1.29 is 4.79 Å². The molecule has 2 nitrogen and oxygen atoms in total. The highest BCUT2D eigenvalue weighted by molar-refractivity contribution is 9.10. The van der Waals surface area contributed by atoms with Crippen LogP contribution in [0, 0.1) is 0 Å². The summed E-state index contributed by atoms with van der Waals surface area (Å²) in [7, 11) is 0. The Morgan fingerprint density at radius 1 is 1.36 bits per heavy atom. The Bertz CT molecular complexity index is 312. The average Bonchev–Trinajstić information content (AvgIpc) is 2.12. The van der Waals surface area contributed by atoms with Crippen molar-refractivity contribution in [3.05, 3.63) is 34.3 Å². The number of halogens is 1. The zero-order valence-corrected chi connectivity index (χ0v) is 9.59. The van der Waals surface area contributed by atoms with E-state index in [1.807, 2.05) is 12.1 Å². The molecule has 0 aliphatic rings. The fourth-order valence-electron chi connectivity index (χ4n) is 1.32. The molecule has 0 aliphatic carbocycles. The van der Waals surface area contributed by atoms with Crippen molar-refractivity contribution in [3.63, 3.8) is 0 Å². The number of nitrogens with two attached hydrogens (primary N) is 1. The van der Waals surface area contributed by atoms with E-state index in [0.29, 0.717) is 6.42 Å². The van der Waals surface area contributed by atoms with E-state index in [4.69, 9.17) is 5.73 Å². The Labute approximate surface area is 92.6 Å². The van der Waals surface area contributed by atoms with Crippen molar-refractivity contribution in [1.82, 2.24) is 0 Å². The lowest BCUT2D eigenvalue weighted by atomic mass is 10.1. The lowest BCUT2D eigenvalue weighted by Gasteiger charge is -2.00. The van der Waals surface area contributed by atoms with Gasteiger partial charge in [-0.25, -0.2) is 0 Å². The van der Waals surface area contributed by atoms with E-state index in [9.17, 15) is 4.79 Å². The molecule has 1 amide bonds. The molecule has 0 spiro atoms. The number of hydrogen-bond donors (Lipinski definition) is 1. The van der Waals surface area contributed by atoms with Crippen LogP contribution >= 0.6 is 15.9 Å². The van der Waals surface area contributed by atoms with Gasteiger partial charge >= 0.3 is 0 Å². The standard InChI is InChI=1S/C11H14BrNO/c12-10-6-3-5-9(8-10)4-1-2-7-11(13)14/h3,5-6,8H,1-2,4,7H2,(H2,13,14). The number of hydrogen-bond acceptors (Lipinski definition) is 1. The summed E-state index contributed by atoms with van der Waals surface area (Å²) in [5.41, 5.74) is 6.34. The van der Waals surface area contributed by atoms with Crippen molar-refractivity contribution in [2.24, 2.45) is 5.73 Å². The highest BCUT2D eigenvalue weighted by atomic mass is 79.9. The van der Waals surface area contributed by atoms with Gasteiger partial charge in [0.25, 0.3) is 0 Å². The largest absolute Gasteiger partial charge is 0.370 e. The maximum absolute atomic E-state index is 10.5. The summed E-state index contributed by atoms with van der Waals surface area (Å²) in [4.78, 5) is 10.5. The first-order valence-electron chi connectivity index (χ1n) is 4.71. The molecule has 1 aromatic carbocycles. The molecule has 76 valence electrons. The Hall–Kier alpha value is -0.830. The molecular formula is C11H14BrNO. The summed E-state index contributed by atoms with van der Waals surface area (Å²) in [5, 5.41) is 0. The van der Waals surface area contributed by atoms with Gasteiger partial charge in [-0.2, -0.15) is 0 Å². The van der Waals surface area contributed by atoms with Gasteiger partial charge in [0.1, 0.15) is 0 Å². The Morgan fingerprint density at radius 2 is 2.14 bits per heavy atom. The van der Waals surface area contributed by atoms with Crippen LogP contribution in [0.25, 0.3) is 0 Å². The van der Waals surface area contributed by atoms with Gasteiger partial charge in [0.2, 0.25) is 5.91 Å². The SMILES string of the molecule is NC(=O)CCCCc1cccc(Br)c1. The van der Waals surface area contributed by atoms with Crippen molar-refractivity contribution in [2.75, 3.05) is 0 Å². The van der Waals surface area contributed by atoms with E-state index in [2.05, 4.69) is 28.1 Å². The third kappa shape index (κ3) is 4.42. The smallest absolute Gasteiger partial charge is 0.217 e. The van der Waals surface area contributed by atoms with Crippen molar-refractivity contribution >= 4 is 21.8 Å². The van der Waals surface area contributed by atoms with Gasteiger partial charge in [-0.3, -0.25) is 4.79 Å². The molecule has 2 N–H and O–H groups in total. The van der Waals surface area contributed by atoms with Crippen molar-refractivity contribution in [2.45, 2.75) is 25.7 Å². The molecule has 3 heteroatoms. The lowest BCUT2D eigenvalue weighted by molar-refractivity contribution is -0.118. The third-order valence-corrected chi connectivity index (χ3v) is 2.52. The van der Waals surface area contributed by atoms with Crippen LogP contribution in [0.4, 0.5) is 0 Å². The van der Waals surface area contributed by atoms with E-state index in [0.717, 1.165) is 23.7 Å². The third-order valence-electron chi connectivity index (χ3n) is 2.03. The molecule has 0 atom stereocenters. The predicted octanol–water partition coefficient (Wildman–Crippen LogP) is 2.65. The number of rotatable bonds is 5. The minimum absolute atomic E-state index is 0.209. The van der Waals surface area contributed by atoms with Crippen LogP contribution in [0.2, 0.25) is 0 Å². The molecule has 0 heterocycles. The lowest BCUT2D eigenvalue weighted by Crippen LogP contribution is -2.09. The number of carbonyl (C=O) groups is 1. The number of carbonyl (C=O) groups excluding carboxylic acids is 1. The molecule has 0 bridgehead atoms. The molecule has 14 heavy (non-hydrogen) atoms. The van der Waals surface area contributed by atoms with Crippen molar-refractivity contribution in [1.29, 1.82) is 0 Å². The Kier molecular flexibility index (Phi) is 4.66. The van der Waals surface area contributed by atoms with E-state index in [1.165, 1.54) is 5.56 Å². The molecule has 0 saturated heterocycles. The van der Waals surface area contributed by atoms with Gasteiger partial charge in [-0.05, 0) is 37.0 Å². The highest BCUT2D eigenvalue weighted by Gasteiger charge is 1.96. The molecule has 0 unspecified atom stereocenters. The summed E-state index contributed by atoms with van der Waals surface area (Å²) in [5.74, 6) is -0.209. The normalized spacial score (nSPS) is 10.1. The quantitative estimate of drug-likeness (QED) is 0.808. The first-order chi connectivity index (χ1) is 6.68. The van der Waals surface area contributed by atoms with Crippen LogP contribution in [0.5, 0.6) is 0 Å². The molecule has 0 fully saturated rings. The number of unbranched alkanes of at least 4 members (excludes halogenated alkanes) is 1. The van der Waals surface area contributed by atoms with Crippen LogP contribution < -0.4 is 5.73 Å². The number of amides is 1. The van der Waals surface area contributed by atoms with Gasteiger partial charge < -0.3 is 5.73 Å². The number of primary amides is 1. The van der Waals surface area contributed by atoms with Gasteiger partial charge in [0.05, 0.1) is 0 Å². The first kappa shape index (κ1) is 11.2. The number of aryl methyl sites for hydroxylation is 1. The second-order valence-corrected chi connectivity index (χ2v) is 4.22. The van der Waals surface area contributed by atoms with Crippen LogP contribution in [0.3, 0.4) is 0 Å². The zero-order chi connectivity index (χ0) is 10.4. The minimum Gasteiger partial charge on any atom is -0.370 e. The fourth-order valence-corrected chi connectivity index (χ4v) is 1.77. The summed E-state index contributed by atoms with van der Waals surface area (Å²) in [6.45, 7) is 0. The first-order valence-corrected chi connectivity index (χ1v) is 5.50. The summed E-state index contributed by atoms with van der Waals surface area (Å²) in [6, 6.07) is 8.22. The Balaban J connectivity index is 2.28. The fraction of sp³-hybridized carbons (Fsp3) is 0.364. The molecule has 1 rings (SSSR count). The number of benzene rings is 1. The van der Waals surface area contributed by atoms with Gasteiger partial charge in [0.15, 0.2) is 0 Å². The zero-order valence-electron chi connectivity index (χ0n) is 8.00. The van der Waals surface area contributed by atoms with E-state index >= 15 is 0 Å².